The highest BCUT2D eigenvalue weighted by atomic mass is 35.5. The number of carbonyl (C=O) groups excluding carboxylic acids is 1. The minimum absolute atomic E-state index is 0.0809. The van der Waals surface area contributed by atoms with E-state index < -0.39 is 10.0 Å². The minimum atomic E-state index is -3.83. The summed E-state index contributed by atoms with van der Waals surface area (Å²) in [4.78, 5) is 12.3. The molecule has 0 amide bonds. The van der Waals surface area contributed by atoms with Crippen LogP contribution in [0.25, 0.3) is 0 Å². The van der Waals surface area contributed by atoms with Crippen molar-refractivity contribution in [3.8, 4) is 5.75 Å². The third-order valence-corrected chi connectivity index (χ3v) is 7.67. The van der Waals surface area contributed by atoms with Crippen LogP contribution in [0.1, 0.15) is 18.4 Å². The largest absolute Gasteiger partial charge is 0.497 e. The minimum Gasteiger partial charge on any atom is -0.497 e. The van der Waals surface area contributed by atoms with Crippen LogP contribution in [-0.2, 0) is 26.2 Å². The predicted octanol–water partition coefficient (Wildman–Crippen LogP) is 4.15. The van der Waals surface area contributed by atoms with E-state index in [1.807, 2.05) is 18.2 Å². The van der Waals surface area contributed by atoms with Gasteiger partial charge in [0.25, 0.3) is 0 Å². The van der Waals surface area contributed by atoms with E-state index in [1.54, 1.807) is 19.2 Å². The van der Waals surface area contributed by atoms with E-state index in [9.17, 15) is 13.2 Å². The smallest absolute Gasteiger partial charge is 0.309 e. The molecule has 0 bridgehead atoms. The molecule has 0 spiro atoms. The fourth-order valence-electron chi connectivity index (χ4n) is 3.22. The van der Waals surface area contributed by atoms with Gasteiger partial charge in [-0.25, -0.2) is 8.42 Å². The Hall–Kier alpha value is -1.80. The van der Waals surface area contributed by atoms with Crippen LogP contribution in [0.4, 0.5) is 0 Å². The summed E-state index contributed by atoms with van der Waals surface area (Å²) in [7, 11) is -2.26. The lowest BCUT2D eigenvalue weighted by Gasteiger charge is -2.30. The van der Waals surface area contributed by atoms with Crippen LogP contribution >= 0.6 is 23.2 Å². The van der Waals surface area contributed by atoms with E-state index in [2.05, 4.69) is 0 Å². The second-order valence-electron chi connectivity index (χ2n) is 6.69. The Bertz CT molecular complexity index is 968. The lowest BCUT2D eigenvalue weighted by Crippen LogP contribution is -2.40. The molecule has 0 unspecified atom stereocenters. The molecule has 156 valence electrons. The Morgan fingerprint density at radius 3 is 2.34 bits per heavy atom. The van der Waals surface area contributed by atoms with Gasteiger partial charge < -0.3 is 9.47 Å². The van der Waals surface area contributed by atoms with Crippen molar-refractivity contribution in [2.45, 2.75) is 24.3 Å². The van der Waals surface area contributed by atoms with Gasteiger partial charge in [-0.1, -0.05) is 41.4 Å². The zero-order chi connectivity index (χ0) is 21.0. The maximum absolute atomic E-state index is 12.9. The topological polar surface area (TPSA) is 72.9 Å². The van der Waals surface area contributed by atoms with Crippen molar-refractivity contribution in [1.82, 2.24) is 4.31 Å². The van der Waals surface area contributed by atoms with E-state index in [1.165, 1.54) is 16.4 Å². The Morgan fingerprint density at radius 2 is 1.72 bits per heavy atom. The third kappa shape index (κ3) is 5.04. The number of hydrogen-bond acceptors (Lipinski definition) is 5. The SMILES string of the molecule is COc1cccc(COC(=O)C2CCN(S(=O)(=O)c3c(Cl)cccc3Cl)CC2)c1. The molecule has 0 aliphatic carbocycles. The summed E-state index contributed by atoms with van der Waals surface area (Å²) in [5.74, 6) is 0.00437. The van der Waals surface area contributed by atoms with Gasteiger partial charge in [-0.2, -0.15) is 4.31 Å². The van der Waals surface area contributed by atoms with Gasteiger partial charge >= 0.3 is 5.97 Å². The number of benzene rings is 2. The Labute approximate surface area is 180 Å². The van der Waals surface area contributed by atoms with E-state index in [0.29, 0.717) is 18.6 Å². The molecule has 0 radical (unpaired) electrons. The van der Waals surface area contributed by atoms with Crippen LogP contribution in [0, 0.1) is 5.92 Å². The van der Waals surface area contributed by atoms with Crippen molar-refractivity contribution in [2.24, 2.45) is 5.92 Å². The maximum Gasteiger partial charge on any atom is 0.309 e. The first-order chi connectivity index (χ1) is 13.8. The molecule has 2 aromatic rings. The summed E-state index contributed by atoms with van der Waals surface area (Å²) < 4.78 is 37.7. The molecular formula is C20H21Cl2NO5S. The molecule has 1 saturated heterocycles. The number of piperidine rings is 1. The Morgan fingerprint density at radius 1 is 1.10 bits per heavy atom. The highest BCUT2D eigenvalue weighted by Crippen LogP contribution is 2.33. The fraction of sp³-hybridized carbons (Fsp3) is 0.350. The molecule has 29 heavy (non-hydrogen) atoms. The standard InChI is InChI=1S/C20H21Cl2NO5S/c1-27-16-5-2-4-14(12-16)13-28-20(24)15-8-10-23(11-9-15)29(25,26)19-17(21)6-3-7-18(19)22/h2-7,12,15H,8-11,13H2,1H3. The van der Waals surface area contributed by atoms with Gasteiger partial charge in [0.1, 0.15) is 17.3 Å². The van der Waals surface area contributed by atoms with Crippen molar-refractivity contribution in [3.63, 3.8) is 0 Å². The van der Waals surface area contributed by atoms with E-state index >= 15 is 0 Å². The van der Waals surface area contributed by atoms with Gasteiger partial charge in [0.05, 0.1) is 23.1 Å². The van der Waals surface area contributed by atoms with E-state index in [0.717, 1.165) is 5.56 Å². The van der Waals surface area contributed by atoms with Crippen LogP contribution in [0.2, 0.25) is 10.0 Å². The summed E-state index contributed by atoms with van der Waals surface area (Å²) in [5, 5.41) is 0.162. The lowest BCUT2D eigenvalue weighted by molar-refractivity contribution is -0.151. The number of rotatable bonds is 6. The quantitative estimate of drug-likeness (QED) is 0.609. The predicted molar refractivity (Wildman–Crippen MR) is 111 cm³/mol. The van der Waals surface area contributed by atoms with Crippen molar-refractivity contribution in [2.75, 3.05) is 20.2 Å². The third-order valence-electron chi connectivity index (χ3n) is 4.82. The molecule has 0 atom stereocenters. The number of methoxy groups -OCH3 is 1. The van der Waals surface area contributed by atoms with Crippen molar-refractivity contribution in [1.29, 1.82) is 0 Å². The first kappa shape index (κ1) is 21.9. The number of halogens is 2. The summed E-state index contributed by atoms with van der Waals surface area (Å²) in [5.41, 5.74) is 0.825. The Balaban J connectivity index is 1.59. The molecule has 3 rings (SSSR count). The molecule has 0 N–H and O–H groups in total. The van der Waals surface area contributed by atoms with Gasteiger partial charge in [-0.05, 0) is 42.7 Å². The first-order valence-electron chi connectivity index (χ1n) is 9.06. The molecule has 0 aromatic heterocycles. The number of nitrogens with zero attached hydrogens (tertiary/aromatic N) is 1. The maximum atomic E-state index is 12.9. The molecule has 1 aliphatic heterocycles. The van der Waals surface area contributed by atoms with Crippen LogP contribution in [-0.4, -0.2) is 38.9 Å². The van der Waals surface area contributed by atoms with Crippen LogP contribution in [0.5, 0.6) is 5.75 Å². The highest BCUT2D eigenvalue weighted by Gasteiger charge is 2.34. The van der Waals surface area contributed by atoms with Gasteiger partial charge in [0.2, 0.25) is 10.0 Å². The molecule has 1 heterocycles. The molecule has 0 saturated carbocycles. The van der Waals surface area contributed by atoms with Gasteiger partial charge in [-0.3, -0.25) is 4.79 Å². The molecule has 6 nitrogen and oxygen atoms in total. The van der Waals surface area contributed by atoms with E-state index in [-0.39, 0.29) is 46.5 Å². The normalized spacial score (nSPS) is 15.8. The number of ether oxygens (including phenoxy) is 2. The number of sulfonamides is 1. The number of carbonyl (C=O) groups is 1. The monoisotopic (exact) mass is 457 g/mol. The van der Waals surface area contributed by atoms with E-state index in [4.69, 9.17) is 32.7 Å². The van der Waals surface area contributed by atoms with Crippen LogP contribution in [0.3, 0.4) is 0 Å². The van der Waals surface area contributed by atoms with Crippen molar-refractivity contribution < 1.29 is 22.7 Å². The fourth-order valence-corrected chi connectivity index (χ4v) is 5.79. The number of hydrogen-bond donors (Lipinski definition) is 0. The molecule has 1 aliphatic rings. The highest BCUT2D eigenvalue weighted by molar-refractivity contribution is 7.89. The van der Waals surface area contributed by atoms with Crippen LogP contribution < -0.4 is 4.74 Å². The lowest BCUT2D eigenvalue weighted by atomic mass is 9.98. The molecule has 2 aromatic carbocycles. The zero-order valence-corrected chi connectivity index (χ0v) is 18.1. The van der Waals surface area contributed by atoms with Gasteiger partial charge in [0, 0.05) is 13.1 Å². The summed E-state index contributed by atoms with van der Waals surface area (Å²) in [6, 6.07) is 11.9. The van der Waals surface area contributed by atoms with Gasteiger partial charge in [-0.15, -0.1) is 0 Å². The van der Waals surface area contributed by atoms with Crippen molar-refractivity contribution >= 4 is 39.2 Å². The Kier molecular flexibility index (Phi) is 7.05. The first-order valence-corrected chi connectivity index (χ1v) is 11.3. The zero-order valence-electron chi connectivity index (χ0n) is 15.8. The molecule has 9 heteroatoms. The second kappa shape index (κ2) is 9.34. The number of esters is 1. The summed E-state index contributed by atoms with van der Waals surface area (Å²) in [6.45, 7) is 0.537. The average molecular weight is 458 g/mol. The summed E-state index contributed by atoms with van der Waals surface area (Å²) >= 11 is 12.1. The second-order valence-corrected chi connectivity index (χ2v) is 9.38. The average Bonchev–Trinajstić information content (AvgIpc) is 2.72. The van der Waals surface area contributed by atoms with Crippen molar-refractivity contribution in [3.05, 3.63) is 58.1 Å². The molecular weight excluding hydrogens is 437 g/mol. The van der Waals surface area contributed by atoms with Gasteiger partial charge in [0.15, 0.2) is 0 Å². The summed E-state index contributed by atoms with van der Waals surface area (Å²) in [6.07, 6.45) is 0.747. The molecule has 1 fully saturated rings. The van der Waals surface area contributed by atoms with Crippen LogP contribution in [0.15, 0.2) is 47.4 Å².